The first-order chi connectivity index (χ1) is 10.7. The number of amides is 2. The van der Waals surface area contributed by atoms with E-state index in [1.165, 1.54) is 5.56 Å². The zero-order chi connectivity index (χ0) is 15.4. The van der Waals surface area contributed by atoms with Crippen molar-refractivity contribution in [2.75, 3.05) is 17.3 Å². The molecule has 1 aliphatic rings. The van der Waals surface area contributed by atoms with Crippen LogP contribution in [0.2, 0.25) is 0 Å². The van der Waals surface area contributed by atoms with Crippen LogP contribution in [0.5, 0.6) is 0 Å². The molecule has 2 amide bonds. The number of carbonyl (C=O) groups excluding carboxylic acids is 1. The summed E-state index contributed by atoms with van der Waals surface area (Å²) in [5, 5.41) is 13.7. The second kappa shape index (κ2) is 6.43. The molecule has 0 saturated heterocycles. The van der Waals surface area contributed by atoms with E-state index in [9.17, 15) is 4.79 Å². The second-order valence-corrected chi connectivity index (χ2v) is 5.49. The monoisotopic (exact) mass is 297 g/mol. The highest BCUT2D eigenvalue weighted by Gasteiger charge is 2.23. The number of hydrogen-bond donors (Lipinski definition) is 2. The summed E-state index contributed by atoms with van der Waals surface area (Å²) in [7, 11) is 1.96. The van der Waals surface area contributed by atoms with Gasteiger partial charge in [-0.1, -0.05) is 30.3 Å². The maximum Gasteiger partial charge on any atom is 0.320 e. The number of nitrogens with one attached hydrogen (secondary N) is 2. The van der Waals surface area contributed by atoms with E-state index in [4.69, 9.17) is 0 Å². The number of rotatable bonds is 5. The van der Waals surface area contributed by atoms with Gasteiger partial charge < -0.3 is 10.2 Å². The molecule has 1 fully saturated rings. The van der Waals surface area contributed by atoms with E-state index in [1.54, 1.807) is 6.07 Å². The Labute approximate surface area is 129 Å². The third-order valence-corrected chi connectivity index (χ3v) is 3.46. The van der Waals surface area contributed by atoms with Gasteiger partial charge in [-0.3, -0.25) is 5.32 Å². The fraction of sp³-hybridized carbons (Fsp3) is 0.312. The normalized spacial score (nSPS) is 13.5. The molecule has 1 saturated carbocycles. The van der Waals surface area contributed by atoms with Gasteiger partial charge in [0, 0.05) is 19.6 Å². The highest BCUT2D eigenvalue weighted by Crippen LogP contribution is 2.19. The minimum absolute atomic E-state index is 0.220. The van der Waals surface area contributed by atoms with Crippen LogP contribution in [0.4, 0.5) is 16.4 Å². The number of urea groups is 1. The molecule has 3 rings (SSSR count). The quantitative estimate of drug-likeness (QED) is 0.889. The zero-order valence-corrected chi connectivity index (χ0v) is 12.5. The van der Waals surface area contributed by atoms with Gasteiger partial charge in [0.1, 0.15) is 0 Å². The van der Waals surface area contributed by atoms with Gasteiger partial charge in [0.05, 0.1) is 0 Å². The highest BCUT2D eigenvalue weighted by molar-refractivity contribution is 5.88. The predicted molar refractivity (Wildman–Crippen MR) is 85.8 cm³/mol. The number of nitrogens with zero attached hydrogens (tertiary/aromatic N) is 3. The molecule has 1 aromatic carbocycles. The Bertz CT molecular complexity index is 625. The smallest absolute Gasteiger partial charge is 0.320 e. The van der Waals surface area contributed by atoms with Crippen molar-refractivity contribution < 1.29 is 4.79 Å². The van der Waals surface area contributed by atoms with Crippen LogP contribution in [0.15, 0.2) is 42.5 Å². The van der Waals surface area contributed by atoms with E-state index >= 15 is 0 Å². The molecule has 114 valence electrons. The zero-order valence-electron chi connectivity index (χ0n) is 12.5. The van der Waals surface area contributed by atoms with Gasteiger partial charge in [-0.15, -0.1) is 10.2 Å². The van der Waals surface area contributed by atoms with Gasteiger partial charge in [0.15, 0.2) is 11.6 Å². The Kier molecular flexibility index (Phi) is 4.18. The van der Waals surface area contributed by atoms with Crippen LogP contribution >= 0.6 is 0 Å². The average molecular weight is 297 g/mol. The third-order valence-electron chi connectivity index (χ3n) is 3.46. The summed E-state index contributed by atoms with van der Waals surface area (Å²) in [6.45, 7) is 0.754. The molecule has 0 bridgehead atoms. The lowest BCUT2D eigenvalue weighted by molar-refractivity contribution is 0.251. The topological polar surface area (TPSA) is 70.2 Å². The molecule has 0 aliphatic heterocycles. The molecule has 0 radical (unpaired) electrons. The number of benzene rings is 1. The summed E-state index contributed by atoms with van der Waals surface area (Å²) in [6, 6.07) is 13.9. The minimum atomic E-state index is -0.220. The molecule has 22 heavy (non-hydrogen) atoms. The van der Waals surface area contributed by atoms with Gasteiger partial charge in [0.25, 0.3) is 0 Å². The number of carbonyl (C=O) groups is 1. The van der Waals surface area contributed by atoms with Gasteiger partial charge >= 0.3 is 6.03 Å². The number of hydrogen-bond acceptors (Lipinski definition) is 4. The highest BCUT2D eigenvalue weighted by atomic mass is 16.2. The first-order valence-corrected chi connectivity index (χ1v) is 7.37. The van der Waals surface area contributed by atoms with Crippen molar-refractivity contribution in [3.63, 3.8) is 0 Å². The van der Waals surface area contributed by atoms with Crippen molar-refractivity contribution in [2.24, 2.45) is 0 Å². The van der Waals surface area contributed by atoms with Gasteiger partial charge in [0.2, 0.25) is 0 Å². The summed E-state index contributed by atoms with van der Waals surface area (Å²) in [6.07, 6.45) is 2.12. The van der Waals surface area contributed by atoms with Gasteiger partial charge in [-0.25, -0.2) is 4.79 Å². The van der Waals surface area contributed by atoms with E-state index < -0.39 is 0 Å². The molecular formula is C16H19N5O. The van der Waals surface area contributed by atoms with Crippen molar-refractivity contribution in [1.82, 2.24) is 15.5 Å². The molecule has 6 heteroatoms. The number of anilines is 2. The SMILES string of the molecule is CN(Cc1ccccc1)c1ccc(NC(=O)NC2CC2)nn1. The fourth-order valence-electron chi connectivity index (χ4n) is 2.10. The lowest BCUT2D eigenvalue weighted by Gasteiger charge is -2.17. The third kappa shape index (κ3) is 3.94. The van der Waals surface area contributed by atoms with Crippen LogP contribution in [0.3, 0.4) is 0 Å². The Morgan fingerprint density at radius 3 is 2.59 bits per heavy atom. The van der Waals surface area contributed by atoms with E-state index in [0.717, 1.165) is 25.2 Å². The summed E-state index contributed by atoms with van der Waals surface area (Å²) in [4.78, 5) is 13.6. The Hall–Kier alpha value is -2.63. The summed E-state index contributed by atoms with van der Waals surface area (Å²) >= 11 is 0. The molecule has 1 aromatic heterocycles. The Morgan fingerprint density at radius 2 is 1.95 bits per heavy atom. The van der Waals surface area contributed by atoms with Crippen LogP contribution < -0.4 is 15.5 Å². The molecule has 2 N–H and O–H groups in total. The molecule has 2 aromatic rings. The van der Waals surface area contributed by atoms with Crippen molar-refractivity contribution in [3.05, 3.63) is 48.0 Å². The molecule has 0 spiro atoms. The molecule has 1 heterocycles. The van der Waals surface area contributed by atoms with Crippen LogP contribution in [-0.2, 0) is 6.54 Å². The van der Waals surface area contributed by atoms with Crippen molar-refractivity contribution in [3.8, 4) is 0 Å². The van der Waals surface area contributed by atoms with E-state index in [2.05, 4.69) is 33.0 Å². The van der Waals surface area contributed by atoms with E-state index in [-0.39, 0.29) is 6.03 Å². The summed E-state index contributed by atoms with van der Waals surface area (Å²) in [5.41, 5.74) is 1.21. The summed E-state index contributed by atoms with van der Waals surface area (Å²) < 4.78 is 0. The Balaban J connectivity index is 1.57. The predicted octanol–water partition coefficient (Wildman–Crippen LogP) is 2.40. The van der Waals surface area contributed by atoms with Crippen LogP contribution in [0.25, 0.3) is 0 Å². The van der Waals surface area contributed by atoms with Crippen LogP contribution in [0, 0.1) is 0 Å². The van der Waals surface area contributed by atoms with E-state index in [0.29, 0.717) is 11.9 Å². The lowest BCUT2D eigenvalue weighted by Crippen LogP contribution is -2.30. The average Bonchev–Trinajstić information content (AvgIpc) is 3.32. The molecule has 0 unspecified atom stereocenters. The molecule has 0 atom stereocenters. The number of aromatic nitrogens is 2. The molecule has 1 aliphatic carbocycles. The van der Waals surface area contributed by atoms with Crippen LogP contribution in [-0.4, -0.2) is 29.3 Å². The molecular weight excluding hydrogens is 278 g/mol. The maximum absolute atomic E-state index is 11.6. The van der Waals surface area contributed by atoms with Crippen molar-refractivity contribution >= 4 is 17.7 Å². The largest absolute Gasteiger partial charge is 0.354 e. The lowest BCUT2D eigenvalue weighted by atomic mass is 10.2. The van der Waals surface area contributed by atoms with Gasteiger partial charge in [-0.05, 0) is 30.5 Å². The fourth-order valence-corrected chi connectivity index (χ4v) is 2.10. The Morgan fingerprint density at radius 1 is 1.18 bits per heavy atom. The second-order valence-electron chi connectivity index (χ2n) is 5.49. The van der Waals surface area contributed by atoms with Crippen LogP contribution in [0.1, 0.15) is 18.4 Å². The first-order valence-electron chi connectivity index (χ1n) is 7.37. The molecule has 6 nitrogen and oxygen atoms in total. The summed E-state index contributed by atoms with van der Waals surface area (Å²) in [5.74, 6) is 1.21. The van der Waals surface area contributed by atoms with Crippen molar-refractivity contribution in [1.29, 1.82) is 0 Å². The standard InChI is InChI=1S/C16H19N5O/c1-21(11-12-5-3-2-4-6-12)15-10-9-14(19-20-15)18-16(22)17-13-7-8-13/h2-6,9-10,13H,7-8,11H2,1H3,(H2,17,18,19,22). The minimum Gasteiger partial charge on any atom is -0.354 e. The maximum atomic E-state index is 11.6. The first kappa shape index (κ1) is 14.3. The van der Waals surface area contributed by atoms with Crippen molar-refractivity contribution in [2.45, 2.75) is 25.4 Å². The van der Waals surface area contributed by atoms with Gasteiger partial charge in [-0.2, -0.15) is 0 Å². The van der Waals surface area contributed by atoms with E-state index in [1.807, 2.05) is 36.2 Å².